The van der Waals surface area contributed by atoms with Gasteiger partial charge < -0.3 is 9.47 Å². The third kappa shape index (κ3) is 3.01. The van der Waals surface area contributed by atoms with E-state index in [2.05, 4.69) is 22.0 Å². The van der Waals surface area contributed by atoms with Crippen LogP contribution in [-0.4, -0.2) is 25.4 Å². The van der Waals surface area contributed by atoms with Crippen molar-refractivity contribution in [2.24, 2.45) is 5.92 Å². The highest BCUT2D eigenvalue weighted by Crippen LogP contribution is 2.44. The van der Waals surface area contributed by atoms with Crippen molar-refractivity contribution in [3.05, 3.63) is 22.7 Å². The lowest BCUT2D eigenvalue weighted by atomic mass is 9.85. The van der Waals surface area contributed by atoms with Gasteiger partial charge in [-0.2, -0.15) is 0 Å². The average molecular weight is 331 g/mol. The molecule has 0 amide bonds. The number of thioether (sulfide) groups is 1. The lowest BCUT2D eigenvalue weighted by Gasteiger charge is -2.32. The van der Waals surface area contributed by atoms with Crippen molar-refractivity contribution in [1.29, 1.82) is 0 Å². The Kier molecular flexibility index (Phi) is 4.56. The third-order valence-corrected chi connectivity index (χ3v) is 4.83. The number of carbonyl (C=O) groups is 1. The summed E-state index contributed by atoms with van der Waals surface area (Å²) < 4.78 is 11.1. The molecule has 0 spiro atoms. The smallest absolute Gasteiger partial charge is 0.308 e. The number of hydrogen-bond donors (Lipinski definition) is 0. The predicted molar refractivity (Wildman–Crippen MR) is 75.1 cm³/mol. The Morgan fingerprint density at radius 1 is 1.39 bits per heavy atom. The van der Waals surface area contributed by atoms with Gasteiger partial charge in [-0.25, -0.2) is 0 Å². The second-order valence-electron chi connectivity index (χ2n) is 4.23. The fraction of sp³-hybridized carbons (Fsp3) is 0.462. The third-order valence-electron chi connectivity index (χ3n) is 3.05. The minimum absolute atomic E-state index is 0.0747. The van der Waals surface area contributed by atoms with Gasteiger partial charge in [0.1, 0.15) is 5.75 Å². The number of halogens is 1. The van der Waals surface area contributed by atoms with Gasteiger partial charge in [0.15, 0.2) is 0 Å². The van der Waals surface area contributed by atoms with Gasteiger partial charge in [0.05, 0.1) is 25.0 Å². The summed E-state index contributed by atoms with van der Waals surface area (Å²) in [6.45, 7) is 0. The van der Waals surface area contributed by atoms with Crippen molar-refractivity contribution >= 4 is 33.7 Å². The molecule has 98 valence electrons. The Morgan fingerprint density at radius 3 is 2.72 bits per heavy atom. The number of benzene rings is 1. The molecule has 2 rings (SSSR count). The normalized spacial score (nSPS) is 22.2. The van der Waals surface area contributed by atoms with Crippen molar-refractivity contribution in [3.63, 3.8) is 0 Å². The van der Waals surface area contributed by atoms with Gasteiger partial charge in [0, 0.05) is 9.72 Å². The monoisotopic (exact) mass is 330 g/mol. The van der Waals surface area contributed by atoms with Crippen LogP contribution in [0.25, 0.3) is 0 Å². The van der Waals surface area contributed by atoms with Crippen LogP contribution < -0.4 is 4.74 Å². The van der Waals surface area contributed by atoms with E-state index in [1.165, 1.54) is 7.11 Å². The molecule has 5 heteroatoms. The van der Waals surface area contributed by atoms with Crippen molar-refractivity contribution < 1.29 is 14.3 Å². The maximum Gasteiger partial charge on any atom is 0.308 e. The zero-order valence-corrected chi connectivity index (χ0v) is 12.7. The van der Waals surface area contributed by atoms with E-state index in [-0.39, 0.29) is 11.9 Å². The van der Waals surface area contributed by atoms with Crippen molar-refractivity contribution in [1.82, 2.24) is 0 Å². The van der Waals surface area contributed by atoms with Crippen LogP contribution in [0.3, 0.4) is 0 Å². The number of carbonyl (C=O) groups excluding carboxylic acids is 1. The first-order valence-electron chi connectivity index (χ1n) is 5.72. The molecule has 0 saturated heterocycles. The summed E-state index contributed by atoms with van der Waals surface area (Å²) in [4.78, 5) is 12.4. The SMILES string of the molecule is COC(=O)C1CC(Sc2cc(Br)ccc2OC)C1. The molecule has 1 aliphatic rings. The van der Waals surface area contributed by atoms with Gasteiger partial charge in [0.25, 0.3) is 0 Å². The summed E-state index contributed by atoms with van der Waals surface area (Å²) in [7, 11) is 3.12. The summed E-state index contributed by atoms with van der Waals surface area (Å²) >= 11 is 5.22. The molecule has 0 bridgehead atoms. The Morgan fingerprint density at radius 2 is 2.11 bits per heavy atom. The number of ether oxygens (including phenoxy) is 2. The van der Waals surface area contributed by atoms with Gasteiger partial charge in [-0.15, -0.1) is 11.8 Å². The summed E-state index contributed by atoms with van der Waals surface area (Å²) in [6, 6.07) is 5.96. The minimum atomic E-state index is -0.0898. The van der Waals surface area contributed by atoms with Gasteiger partial charge in [-0.3, -0.25) is 4.79 Å². The van der Waals surface area contributed by atoms with Crippen LogP contribution in [-0.2, 0) is 9.53 Å². The summed E-state index contributed by atoms with van der Waals surface area (Å²) in [6.07, 6.45) is 1.76. The molecule has 1 aromatic carbocycles. The molecule has 1 fully saturated rings. The van der Waals surface area contributed by atoms with E-state index in [0.717, 1.165) is 28.0 Å². The average Bonchev–Trinajstić information content (AvgIpc) is 2.32. The largest absolute Gasteiger partial charge is 0.496 e. The molecule has 1 aliphatic carbocycles. The first-order valence-corrected chi connectivity index (χ1v) is 7.39. The molecular weight excluding hydrogens is 316 g/mol. The molecule has 1 aromatic rings. The molecule has 0 atom stereocenters. The summed E-state index contributed by atoms with van der Waals surface area (Å²) in [5.74, 6) is 0.864. The van der Waals surface area contributed by atoms with Crippen LogP contribution in [0.15, 0.2) is 27.6 Å². The molecule has 1 saturated carbocycles. The molecular formula is C13H15BrO3S. The van der Waals surface area contributed by atoms with E-state index < -0.39 is 0 Å². The Hall–Kier alpha value is -0.680. The highest BCUT2D eigenvalue weighted by molar-refractivity contribution is 9.10. The van der Waals surface area contributed by atoms with Gasteiger partial charge in [0.2, 0.25) is 0 Å². The quantitative estimate of drug-likeness (QED) is 0.791. The molecule has 0 aliphatic heterocycles. The highest BCUT2D eigenvalue weighted by atomic mass is 79.9. The Bertz CT molecular complexity index is 444. The number of methoxy groups -OCH3 is 2. The van der Waals surface area contributed by atoms with Crippen LogP contribution in [0.4, 0.5) is 0 Å². The second-order valence-corrected chi connectivity index (χ2v) is 6.48. The standard InChI is InChI=1S/C13H15BrO3S/c1-16-11-4-3-9(14)7-12(11)18-10-5-8(6-10)13(15)17-2/h3-4,7-8,10H,5-6H2,1-2H3. The maximum absolute atomic E-state index is 11.3. The first-order chi connectivity index (χ1) is 8.63. The lowest BCUT2D eigenvalue weighted by Crippen LogP contribution is -2.33. The number of esters is 1. The molecule has 0 heterocycles. The number of rotatable bonds is 4. The van der Waals surface area contributed by atoms with Crippen molar-refractivity contribution in [3.8, 4) is 5.75 Å². The van der Waals surface area contributed by atoms with E-state index in [9.17, 15) is 4.79 Å². The van der Waals surface area contributed by atoms with Gasteiger partial charge >= 0.3 is 5.97 Å². The Balaban J connectivity index is 1.95. The van der Waals surface area contributed by atoms with Crippen LogP contribution in [0.2, 0.25) is 0 Å². The van der Waals surface area contributed by atoms with E-state index >= 15 is 0 Å². The van der Waals surface area contributed by atoms with Gasteiger partial charge in [-0.05, 0) is 31.0 Å². The van der Waals surface area contributed by atoms with Crippen LogP contribution >= 0.6 is 27.7 Å². The molecule has 18 heavy (non-hydrogen) atoms. The molecule has 3 nitrogen and oxygen atoms in total. The second kappa shape index (κ2) is 5.97. The highest BCUT2D eigenvalue weighted by Gasteiger charge is 2.36. The zero-order valence-electron chi connectivity index (χ0n) is 10.3. The van der Waals surface area contributed by atoms with Crippen molar-refractivity contribution in [2.45, 2.75) is 23.0 Å². The number of hydrogen-bond acceptors (Lipinski definition) is 4. The Labute approximate surface area is 119 Å². The predicted octanol–water partition coefficient (Wildman–Crippen LogP) is 3.50. The van der Waals surface area contributed by atoms with Crippen LogP contribution in [0, 0.1) is 5.92 Å². The minimum Gasteiger partial charge on any atom is -0.496 e. The topological polar surface area (TPSA) is 35.5 Å². The zero-order chi connectivity index (χ0) is 13.1. The summed E-state index contributed by atoms with van der Waals surface area (Å²) in [5.41, 5.74) is 0. The maximum atomic E-state index is 11.3. The van der Waals surface area contributed by atoms with Crippen LogP contribution in [0.1, 0.15) is 12.8 Å². The molecule has 0 unspecified atom stereocenters. The lowest BCUT2D eigenvalue weighted by molar-refractivity contribution is -0.147. The van der Waals surface area contributed by atoms with E-state index in [1.807, 2.05) is 12.1 Å². The van der Waals surface area contributed by atoms with Crippen LogP contribution in [0.5, 0.6) is 5.75 Å². The van der Waals surface area contributed by atoms with E-state index in [1.54, 1.807) is 18.9 Å². The molecule has 0 N–H and O–H groups in total. The first kappa shape index (κ1) is 13.7. The molecule has 0 aromatic heterocycles. The summed E-state index contributed by atoms with van der Waals surface area (Å²) in [5, 5.41) is 0.470. The molecule has 0 radical (unpaired) electrons. The fourth-order valence-electron chi connectivity index (χ4n) is 1.94. The van der Waals surface area contributed by atoms with Gasteiger partial charge in [-0.1, -0.05) is 15.9 Å². The fourth-order valence-corrected chi connectivity index (χ4v) is 3.93. The van der Waals surface area contributed by atoms with E-state index in [0.29, 0.717) is 5.25 Å². The van der Waals surface area contributed by atoms with Crippen molar-refractivity contribution in [2.75, 3.05) is 14.2 Å². The van der Waals surface area contributed by atoms with E-state index in [4.69, 9.17) is 9.47 Å².